The van der Waals surface area contributed by atoms with Gasteiger partial charge >= 0.3 is 0 Å². The molecule has 8 heavy (non-hydrogen) atoms. The fraction of sp³-hybridized carbons (Fsp3) is 0. The maximum atomic E-state index is 3.72. The largest absolute Gasteiger partial charge is 0.262 e. The average Bonchev–Trinajstić information content (AvgIpc) is 1.96. The molecule has 2 nitrogen and oxygen atoms in total. The molecular weight excluding hydrogens is 100 g/mol. The lowest BCUT2D eigenvalue weighted by atomic mass is 10.8. The summed E-state index contributed by atoms with van der Waals surface area (Å²) in [5.41, 5.74) is 0. The SMILES string of the molecule is C=C.c1cnccn1. The number of nitrogens with zero attached hydrogens (tertiary/aromatic N) is 2. The zero-order valence-corrected chi connectivity index (χ0v) is 4.62. The fourth-order valence-corrected chi connectivity index (χ4v) is 0.253. The van der Waals surface area contributed by atoms with Gasteiger partial charge in [-0.25, -0.2) is 0 Å². The summed E-state index contributed by atoms with van der Waals surface area (Å²) < 4.78 is 0. The minimum Gasteiger partial charge on any atom is -0.262 e. The van der Waals surface area contributed by atoms with Gasteiger partial charge in [-0.15, -0.1) is 13.2 Å². The van der Waals surface area contributed by atoms with E-state index < -0.39 is 0 Å². The summed E-state index contributed by atoms with van der Waals surface area (Å²) in [5.74, 6) is 0. The number of hydrogen-bond donors (Lipinski definition) is 0. The van der Waals surface area contributed by atoms with E-state index in [0.29, 0.717) is 0 Å². The summed E-state index contributed by atoms with van der Waals surface area (Å²) in [6.45, 7) is 6.00. The van der Waals surface area contributed by atoms with Crippen molar-refractivity contribution in [3.05, 3.63) is 37.9 Å². The second kappa shape index (κ2) is 5.82. The summed E-state index contributed by atoms with van der Waals surface area (Å²) in [4.78, 5) is 7.44. The third-order valence-corrected chi connectivity index (χ3v) is 0.478. The normalized spacial score (nSPS) is 6.50. The van der Waals surface area contributed by atoms with Crippen LogP contribution in [0.25, 0.3) is 0 Å². The minimum atomic E-state index is 1.64. The van der Waals surface area contributed by atoms with Crippen molar-refractivity contribution in [2.75, 3.05) is 0 Å². The van der Waals surface area contributed by atoms with Crippen LogP contribution in [-0.4, -0.2) is 9.97 Å². The van der Waals surface area contributed by atoms with Crippen LogP contribution >= 0.6 is 0 Å². The zero-order chi connectivity index (χ0) is 6.24. The van der Waals surface area contributed by atoms with Crippen LogP contribution in [-0.2, 0) is 0 Å². The van der Waals surface area contributed by atoms with Gasteiger partial charge < -0.3 is 0 Å². The molecule has 0 spiro atoms. The number of hydrogen-bond acceptors (Lipinski definition) is 2. The highest BCUT2D eigenvalue weighted by molar-refractivity contribution is 4.70. The molecule has 42 valence electrons. The van der Waals surface area contributed by atoms with Gasteiger partial charge in [0.2, 0.25) is 0 Å². The van der Waals surface area contributed by atoms with Gasteiger partial charge in [-0.3, -0.25) is 9.97 Å². The lowest BCUT2D eigenvalue weighted by Crippen LogP contribution is -1.66. The third kappa shape index (κ3) is 3.03. The first-order valence-electron chi connectivity index (χ1n) is 2.20. The molecule has 1 rings (SSSR count). The van der Waals surface area contributed by atoms with E-state index >= 15 is 0 Å². The van der Waals surface area contributed by atoms with Gasteiger partial charge in [-0.1, -0.05) is 0 Å². The molecule has 0 atom stereocenters. The quantitative estimate of drug-likeness (QED) is 0.468. The average molecular weight is 108 g/mol. The van der Waals surface area contributed by atoms with E-state index in [1.165, 1.54) is 0 Å². The van der Waals surface area contributed by atoms with E-state index in [1.807, 2.05) is 0 Å². The summed E-state index contributed by atoms with van der Waals surface area (Å²) in [7, 11) is 0. The van der Waals surface area contributed by atoms with Crippen molar-refractivity contribution in [2.24, 2.45) is 0 Å². The van der Waals surface area contributed by atoms with Gasteiger partial charge in [0.05, 0.1) is 0 Å². The molecule has 0 aromatic carbocycles. The maximum absolute atomic E-state index is 3.72. The van der Waals surface area contributed by atoms with Gasteiger partial charge in [0, 0.05) is 24.8 Å². The van der Waals surface area contributed by atoms with Crippen molar-refractivity contribution in [3.8, 4) is 0 Å². The molecule has 0 bridgehead atoms. The fourth-order valence-electron chi connectivity index (χ4n) is 0.253. The van der Waals surface area contributed by atoms with Gasteiger partial charge in [0.25, 0.3) is 0 Å². The molecule has 0 aliphatic carbocycles. The summed E-state index contributed by atoms with van der Waals surface area (Å²) in [6.07, 6.45) is 6.56. The van der Waals surface area contributed by atoms with E-state index in [-0.39, 0.29) is 0 Å². The predicted molar refractivity (Wildman–Crippen MR) is 33.3 cm³/mol. The molecule has 0 radical (unpaired) electrons. The maximum Gasteiger partial charge on any atom is 0.0451 e. The van der Waals surface area contributed by atoms with Gasteiger partial charge in [-0.05, 0) is 0 Å². The first kappa shape index (κ1) is 6.82. The lowest BCUT2D eigenvalue weighted by Gasteiger charge is -1.70. The molecule has 0 saturated heterocycles. The Hall–Kier alpha value is -1.18. The van der Waals surface area contributed by atoms with Crippen LogP contribution in [0.15, 0.2) is 37.9 Å². The minimum absolute atomic E-state index is 1.64. The van der Waals surface area contributed by atoms with E-state index in [1.54, 1.807) is 24.8 Å². The molecule has 0 aliphatic rings. The van der Waals surface area contributed by atoms with Crippen LogP contribution in [0.4, 0.5) is 0 Å². The van der Waals surface area contributed by atoms with Crippen LogP contribution in [0.1, 0.15) is 0 Å². The highest BCUT2D eigenvalue weighted by Crippen LogP contribution is 1.65. The monoisotopic (exact) mass is 108 g/mol. The summed E-state index contributed by atoms with van der Waals surface area (Å²) in [6, 6.07) is 0. The Balaban J connectivity index is 0.000000222. The molecule has 0 unspecified atom stereocenters. The Morgan fingerprint density at radius 1 is 0.750 bits per heavy atom. The van der Waals surface area contributed by atoms with Crippen molar-refractivity contribution < 1.29 is 0 Å². The Bertz CT molecular complexity index is 89.4. The Morgan fingerprint density at radius 3 is 1.12 bits per heavy atom. The second-order valence-electron chi connectivity index (χ2n) is 0.894. The number of aromatic nitrogens is 2. The standard InChI is InChI=1S/C4H4N2.C2H4/c1-2-6-4-3-5-1;1-2/h1-4H;1-2H2. The van der Waals surface area contributed by atoms with Crippen molar-refractivity contribution in [1.29, 1.82) is 0 Å². The van der Waals surface area contributed by atoms with Crippen molar-refractivity contribution in [2.45, 2.75) is 0 Å². The van der Waals surface area contributed by atoms with Crippen molar-refractivity contribution in [1.82, 2.24) is 9.97 Å². The molecule has 0 aliphatic heterocycles. The first-order valence-corrected chi connectivity index (χ1v) is 2.20. The van der Waals surface area contributed by atoms with Crippen LogP contribution < -0.4 is 0 Å². The van der Waals surface area contributed by atoms with E-state index in [0.717, 1.165) is 0 Å². The second-order valence-corrected chi connectivity index (χ2v) is 0.894. The molecular formula is C6H8N2. The third-order valence-electron chi connectivity index (χ3n) is 0.478. The van der Waals surface area contributed by atoms with Crippen LogP contribution in [0.3, 0.4) is 0 Å². The van der Waals surface area contributed by atoms with Crippen molar-refractivity contribution >= 4 is 0 Å². The molecule has 1 heterocycles. The zero-order valence-electron chi connectivity index (χ0n) is 4.62. The van der Waals surface area contributed by atoms with E-state index in [9.17, 15) is 0 Å². The van der Waals surface area contributed by atoms with Gasteiger partial charge in [-0.2, -0.15) is 0 Å². The van der Waals surface area contributed by atoms with Gasteiger partial charge in [0.15, 0.2) is 0 Å². The van der Waals surface area contributed by atoms with Crippen LogP contribution in [0.5, 0.6) is 0 Å². The highest BCUT2D eigenvalue weighted by atomic mass is 14.7. The van der Waals surface area contributed by atoms with Crippen LogP contribution in [0.2, 0.25) is 0 Å². The topological polar surface area (TPSA) is 25.8 Å². The molecule has 1 aromatic rings. The summed E-state index contributed by atoms with van der Waals surface area (Å²) >= 11 is 0. The first-order chi connectivity index (χ1) is 4.00. The van der Waals surface area contributed by atoms with E-state index in [4.69, 9.17) is 0 Å². The lowest BCUT2D eigenvalue weighted by molar-refractivity contribution is 1.20. The smallest absolute Gasteiger partial charge is 0.0451 e. The highest BCUT2D eigenvalue weighted by Gasteiger charge is 1.59. The molecule has 0 saturated carbocycles. The molecule has 1 aromatic heterocycles. The summed E-state index contributed by atoms with van der Waals surface area (Å²) in [5, 5.41) is 0. The van der Waals surface area contributed by atoms with Gasteiger partial charge in [0.1, 0.15) is 0 Å². The molecule has 2 heteroatoms. The van der Waals surface area contributed by atoms with E-state index in [2.05, 4.69) is 23.1 Å². The van der Waals surface area contributed by atoms with Crippen molar-refractivity contribution in [3.63, 3.8) is 0 Å². The molecule has 0 N–H and O–H groups in total. The molecule has 0 fully saturated rings. The van der Waals surface area contributed by atoms with Crippen LogP contribution in [0, 0.1) is 0 Å². The Morgan fingerprint density at radius 2 is 1.00 bits per heavy atom. The molecule has 0 amide bonds. The predicted octanol–water partition coefficient (Wildman–Crippen LogP) is 1.28. The number of rotatable bonds is 0. The Kier molecular flexibility index (Phi) is 4.96. The Labute approximate surface area is 48.9 Å².